The van der Waals surface area contributed by atoms with Crippen molar-refractivity contribution in [1.29, 1.82) is 0 Å². The first kappa shape index (κ1) is 17.5. The smallest absolute Gasteiger partial charge is 0.406 e. The number of amides is 1. The molecular weight excluding hydrogens is 331 g/mol. The van der Waals surface area contributed by atoms with Crippen LogP contribution in [0.4, 0.5) is 18.3 Å². The lowest BCUT2D eigenvalue weighted by Gasteiger charge is -2.07. The molecule has 5 nitrogen and oxygen atoms in total. The van der Waals surface area contributed by atoms with Crippen molar-refractivity contribution in [3.05, 3.63) is 18.2 Å². The molecule has 0 saturated heterocycles. The van der Waals surface area contributed by atoms with E-state index in [2.05, 4.69) is 20.4 Å². The summed E-state index contributed by atoms with van der Waals surface area (Å²) in [6, 6.07) is 3.81. The van der Waals surface area contributed by atoms with Gasteiger partial charge in [0.05, 0.1) is 16.8 Å². The molecule has 116 valence electrons. The van der Waals surface area contributed by atoms with Gasteiger partial charge in [0.1, 0.15) is 5.75 Å². The maximum Gasteiger partial charge on any atom is 0.573 e. The molecule has 1 heterocycles. The molecule has 0 aliphatic carbocycles. The Morgan fingerprint density at radius 3 is 2.76 bits per heavy atom. The number of rotatable bonds is 4. The van der Waals surface area contributed by atoms with Crippen LogP contribution in [0.2, 0.25) is 0 Å². The van der Waals surface area contributed by atoms with E-state index in [9.17, 15) is 18.0 Å². The predicted molar refractivity (Wildman–Crippen MR) is 76.1 cm³/mol. The maximum atomic E-state index is 12.1. The molecule has 0 radical (unpaired) electrons. The number of carbonyl (C=O) groups excluding carboxylic acids is 1. The molecule has 2 rings (SSSR count). The normalized spacial score (nSPS) is 11.0. The molecule has 1 amide bonds. The number of aromatic nitrogens is 1. The molecule has 2 aromatic rings. The Morgan fingerprint density at radius 2 is 2.14 bits per heavy atom. The van der Waals surface area contributed by atoms with Crippen LogP contribution in [0.15, 0.2) is 18.2 Å². The summed E-state index contributed by atoms with van der Waals surface area (Å²) in [5.74, 6) is -0.597. The van der Waals surface area contributed by atoms with Crippen LogP contribution in [0.1, 0.15) is 0 Å². The molecule has 0 spiro atoms. The number of carbonyl (C=O) groups is 1. The standard InChI is InChI=1S/C11H10F3N3O2S.ClH/c1-15-5-9(18)17-10-16-7-3-2-6(4-8(7)20-10)19-11(12,13)14;/h2-4,15H,5H2,1H3,(H,16,17,18);1H. The van der Waals surface area contributed by atoms with Crippen molar-refractivity contribution in [2.75, 3.05) is 18.9 Å². The van der Waals surface area contributed by atoms with Crippen LogP contribution < -0.4 is 15.4 Å². The van der Waals surface area contributed by atoms with Gasteiger partial charge in [-0.05, 0) is 19.2 Å². The molecule has 1 aromatic heterocycles. The monoisotopic (exact) mass is 341 g/mol. The van der Waals surface area contributed by atoms with Crippen molar-refractivity contribution in [2.24, 2.45) is 0 Å². The molecule has 2 N–H and O–H groups in total. The molecule has 1 aromatic carbocycles. The van der Waals surface area contributed by atoms with Crippen molar-refractivity contribution >= 4 is 45.0 Å². The Kier molecular flexibility index (Phi) is 5.76. The maximum absolute atomic E-state index is 12.1. The van der Waals surface area contributed by atoms with Crippen molar-refractivity contribution in [2.45, 2.75) is 6.36 Å². The Morgan fingerprint density at radius 1 is 1.43 bits per heavy atom. The number of benzene rings is 1. The van der Waals surface area contributed by atoms with Crippen molar-refractivity contribution < 1.29 is 22.7 Å². The number of anilines is 1. The van der Waals surface area contributed by atoms with Gasteiger partial charge >= 0.3 is 6.36 Å². The Labute approximate surface area is 127 Å². The van der Waals surface area contributed by atoms with E-state index < -0.39 is 6.36 Å². The summed E-state index contributed by atoms with van der Waals surface area (Å²) in [5, 5.41) is 5.54. The number of likely N-dealkylation sites (N-methyl/N-ethyl adjacent to an activating group) is 1. The second kappa shape index (κ2) is 6.92. The second-order valence-corrected chi connectivity index (χ2v) is 4.81. The summed E-state index contributed by atoms with van der Waals surface area (Å²) >= 11 is 1.07. The SMILES string of the molecule is CNCC(=O)Nc1nc2ccc(OC(F)(F)F)cc2s1.Cl. The highest BCUT2D eigenvalue weighted by atomic mass is 35.5. The Bertz CT molecular complexity index is 633. The zero-order chi connectivity index (χ0) is 14.8. The lowest BCUT2D eigenvalue weighted by atomic mass is 10.3. The summed E-state index contributed by atoms with van der Waals surface area (Å²) in [7, 11) is 1.62. The molecular formula is C11H11ClF3N3O2S. The van der Waals surface area contributed by atoms with Gasteiger partial charge in [-0.25, -0.2) is 4.98 Å². The van der Waals surface area contributed by atoms with E-state index >= 15 is 0 Å². The first-order chi connectivity index (χ1) is 9.37. The van der Waals surface area contributed by atoms with Crippen molar-refractivity contribution in [3.63, 3.8) is 0 Å². The molecule has 0 aliphatic rings. The highest BCUT2D eigenvalue weighted by Gasteiger charge is 2.31. The van der Waals surface area contributed by atoms with E-state index in [1.165, 1.54) is 18.2 Å². The van der Waals surface area contributed by atoms with Crippen LogP contribution in [0.5, 0.6) is 5.75 Å². The molecule has 0 unspecified atom stereocenters. The van der Waals surface area contributed by atoms with Crippen LogP contribution in [0, 0.1) is 0 Å². The predicted octanol–water partition coefficient (Wildman–Crippen LogP) is 2.77. The summed E-state index contributed by atoms with van der Waals surface area (Å²) in [6.45, 7) is 0.123. The zero-order valence-electron chi connectivity index (χ0n) is 10.7. The first-order valence-electron chi connectivity index (χ1n) is 5.48. The average molecular weight is 342 g/mol. The quantitative estimate of drug-likeness (QED) is 0.897. The molecule has 0 saturated carbocycles. The van der Waals surface area contributed by atoms with Crippen molar-refractivity contribution in [1.82, 2.24) is 10.3 Å². The largest absolute Gasteiger partial charge is 0.573 e. The number of hydrogen-bond donors (Lipinski definition) is 2. The fourth-order valence-electron chi connectivity index (χ4n) is 1.48. The minimum atomic E-state index is -4.73. The zero-order valence-corrected chi connectivity index (χ0v) is 12.3. The van der Waals surface area contributed by atoms with Gasteiger partial charge in [0, 0.05) is 6.07 Å². The van der Waals surface area contributed by atoms with Gasteiger partial charge in [0.2, 0.25) is 5.91 Å². The molecule has 21 heavy (non-hydrogen) atoms. The minimum absolute atomic E-state index is 0. The third-order valence-corrected chi connectivity index (χ3v) is 3.11. The number of ether oxygens (including phenoxy) is 1. The van der Waals surface area contributed by atoms with E-state index in [0.717, 1.165) is 11.3 Å². The van der Waals surface area contributed by atoms with E-state index in [1.54, 1.807) is 7.05 Å². The average Bonchev–Trinajstić information content (AvgIpc) is 2.68. The summed E-state index contributed by atoms with van der Waals surface area (Å²) in [5.41, 5.74) is 0.490. The number of nitrogens with one attached hydrogen (secondary N) is 2. The molecule has 0 atom stereocenters. The fourth-order valence-corrected chi connectivity index (χ4v) is 2.39. The fraction of sp³-hybridized carbons (Fsp3) is 0.273. The third-order valence-electron chi connectivity index (χ3n) is 2.18. The highest BCUT2D eigenvalue weighted by molar-refractivity contribution is 7.22. The van der Waals surface area contributed by atoms with Crippen molar-refractivity contribution in [3.8, 4) is 5.75 Å². The van der Waals surface area contributed by atoms with Gasteiger partial charge < -0.3 is 15.4 Å². The van der Waals surface area contributed by atoms with E-state index in [1.807, 2.05) is 0 Å². The summed E-state index contributed by atoms with van der Waals surface area (Å²) in [4.78, 5) is 15.5. The van der Waals surface area contributed by atoms with Crippen LogP contribution in [-0.4, -0.2) is 30.8 Å². The van der Waals surface area contributed by atoms with Crippen LogP contribution in [-0.2, 0) is 4.79 Å². The van der Waals surface area contributed by atoms with Crippen LogP contribution in [0.3, 0.4) is 0 Å². The van der Waals surface area contributed by atoms with Crippen LogP contribution in [0.25, 0.3) is 10.2 Å². The Hall–Kier alpha value is -1.58. The molecule has 0 fully saturated rings. The highest BCUT2D eigenvalue weighted by Crippen LogP contribution is 2.31. The summed E-state index contributed by atoms with van der Waals surface area (Å²) in [6.07, 6.45) is -4.73. The second-order valence-electron chi connectivity index (χ2n) is 3.77. The number of hydrogen-bond acceptors (Lipinski definition) is 5. The van der Waals surface area contributed by atoms with E-state index in [4.69, 9.17) is 0 Å². The number of alkyl halides is 3. The summed E-state index contributed by atoms with van der Waals surface area (Å²) < 4.78 is 40.6. The van der Waals surface area contributed by atoms with Gasteiger partial charge in [0.15, 0.2) is 5.13 Å². The molecule has 0 aliphatic heterocycles. The lowest BCUT2D eigenvalue weighted by molar-refractivity contribution is -0.274. The van der Waals surface area contributed by atoms with Crippen LogP contribution >= 0.6 is 23.7 Å². The molecule has 10 heteroatoms. The van der Waals surface area contributed by atoms with Gasteiger partial charge in [-0.1, -0.05) is 11.3 Å². The number of nitrogens with zero attached hydrogens (tertiary/aromatic N) is 1. The van der Waals surface area contributed by atoms with Gasteiger partial charge in [-0.15, -0.1) is 25.6 Å². The topological polar surface area (TPSA) is 63.2 Å². The van der Waals surface area contributed by atoms with E-state index in [0.29, 0.717) is 15.3 Å². The first-order valence-corrected chi connectivity index (χ1v) is 6.30. The van der Waals surface area contributed by atoms with Gasteiger partial charge in [-0.3, -0.25) is 4.79 Å². The Balaban J connectivity index is 0.00000220. The van der Waals surface area contributed by atoms with Gasteiger partial charge in [0.25, 0.3) is 0 Å². The minimum Gasteiger partial charge on any atom is -0.406 e. The third kappa shape index (κ3) is 5.03. The van der Waals surface area contributed by atoms with Gasteiger partial charge in [-0.2, -0.15) is 0 Å². The number of halogens is 4. The number of fused-ring (bicyclic) bond motifs is 1. The number of thiazole rings is 1. The van der Waals surface area contributed by atoms with E-state index in [-0.39, 0.29) is 30.6 Å². The molecule has 0 bridgehead atoms. The lowest BCUT2D eigenvalue weighted by Crippen LogP contribution is -2.24.